The van der Waals surface area contributed by atoms with Crippen molar-refractivity contribution >= 4 is 21.7 Å². The molecule has 2 N–H and O–H groups in total. The third kappa shape index (κ3) is 5.39. The van der Waals surface area contributed by atoms with Crippen molar-refractivity contribution in [3.63, 3.8) is 0 Å². The summed E-state index contributed by atoms with van der Waals surface area (Å²) in [5, 5.41) is 2.92. The normalized spacial score (nSPS) is 16.3. The molecule has 1 amide bonds. The minimum atomic E-state index is -3.53. The monoisotopic (exact) mass is 385 g/mol. The van der Waals surface area contributed by atoms with E-state index in [0.717, 1.165) is 0 Å². The average Bonchev–Trinajstić information content (AvgIpc) is 2.59. The van der Waals surface area contributed by atoms with E-state index in [9.17, 15) is 13.2 Å². The maximum Gasteiger partial charge on any atom is 0.274 e. The van der Waals surface area contributed by atoms with Gasteiger partial charge >= 0.3 is 0 Å². The first-order valence-corrected chi connectivity index (χ1v) is 10.2. The minimum Gasteiger partial charge on any atom is -0.379 e. The van der Waals surface area contributed by atoms with Crippen molar-refractivity contribution in [2.75, 3.05) is 44.3 Å². The molecule has 9 heteroatoms. The van der Waals surface area contributed by atoms with E-state index in [1.165, 1.54) is 10.5 Å². The Balaban J connectivity index is 2.10. The lowest BCUT2D eigenvalue weighted by atomic mass is 10.1. The summed E-state index contributed by atoms with van der Waals surface area (Å²) in [5.74, 6) is 0.607. The maximum atomic E-state index is 12.6. The number of amides is 1. The van der Waals surface area contributed by atoms with Gasteiger partial charge in [-0.3, -0.25) is 9.69 Å². The molecule has 0 saturated carbocycles. The first-order valence-electron chi connectivity index (χ1n) is 8.79. The number of aromatic amines is 1. The zero-order valence-electron chi connectivity index (χ0n) is 15.9. The number of carbonyl (C=O) groups excluding carboxylic acids is 1. The Morgan fingerprint density at radius 3 is 2.46 bits per heavy atom. The quantitative estimate of drug-likeness (QED) is 0.758. The second kappa shape index (κ2) is 8.32. The van der Waals surface area contributed by atoms with Gasteiger partial charge in [-0.15, -0.1) is 0 Å². The van der Waals surface area contributed by atoms with Gasteiger partial charge in [0.15, 0.2) is 6.54 Å². The number of carbonyl (C=O) groups is 1. The lowest BCUT2D eigenvalue weighted by Crippen LogP contribution is -2.47. The van der Waals surface area contributed by atoms with Gasteiger partial charge < -0.3 is 10.1 Å². The number of nitrogens with one attached hydrogen (secondary N) is 2. The van der Waals surface area contributed by atoms with Crippen molar-refractivity contribution in [2.45, 2.75) is 38.1 Å². The molecule has 0 atom stereocenters. The number of rotatable bonds is 6. The fourth-order valence-electron chi connectivity index (χ4n) is 2.69. The molecule has 1 aromatic rings. The predicted molar refractivity (Wildman–Crippen MR) is 98.4 cm³/mol. The first-order chi connectivity index (χ1) is 12.1. The Morgan fingerprint density at radius 2 is 1.96 bits per heavy atom. The first kappa shape index (κ1) is 20.6. The summed E-state index contributed by atoms with van der Waals surface area (Å²) in [6.07, 6.45) is 1.48. The van der Waals surface area contributed by atoms with E-state index in [4.69, 9.17) is 4.74 Å². The van der Waals surface area contributed by atoms with Crippen LogP contribution in [0.3, 0.4) is 0 Å². The molecule has 0 aromatic carbocycles. The van der Waals surface area contributed by atoms with Crippen LogP contribution in [0.1, 0.15) is 27.7 Å². The van der Waals surface area contributed by atoms with Gasteiger partial charge in [-0.05, 0) is 33.8 Å². The number of nitrogens with zero attached hydrogens (tertiary/aromatic N) is 2. The van der Waals surface area contributed by atoms with Crippen LogP contribution in [0.25, 0.3) is 0 Å². The van der Waals surface area contributed by atoms with Gasteiger partial charge in [-0.25, -0.2) is 13.4 Å². The van der Waals surface area contributed by atoms with E-state index < -0.39 is 10.0 Å². The van der Waals surface area contributed by atoms with Crippen molar-refractivity contribution in [3.05, 3.63) is 18.3 Å². The second-order valence-corrected chi connectivity index (χ2v) is 9.18. The molecule has 1 aliphatic heterocycles. The smallest absolute Gasteiger partial charge is 0.274 e. The average molecular weight is 386 g/mol. The molecule has 26 heavy (non-hydrogen) atoms. The molecule has 2 heterocycles. The molecule has 2 rings (SSSR count). The Morgan fingerprint density at radius 1 is 1.31 bits per heavy atom. The van der Waals surface area contributed by atoms with Crippen LogP contribution < -0.4 is 15.2 Å². The van der Waals surface area contributed by atoms with E-state index in [0.29, 0.717) is 38.7 Å². The summed E-state index contributed by atoms with van der Waals surface area (Å²) in [6.45, 7) is 10.1. The van der Waals surface area contributed by atoms with Crippen molar-refractivity contribution < 1.29 is 22.9 Å². The summed E-state index contributed by atoms with van der Waals surface area (Å²) < 4.78 is 31.9. The molecule has 1 fully saturated rings. The third-order valence-corrected chi connectivity index (χ3v) is 5.84. The third-order valence-electron chi connectivity index (χ3n) is 3.95. The highest BCUT2D eigenvalue weighted by Crippen LogP contribution is 2.17. The number of likely N-dealkylation sites (N-methyl/N-ethyl adjacent to an activating group) is 1. The molecule has 0 bridgehead atoms. The molecule has 0 unspecified atom stereocenters. The number of ether oxygens (including phenoxy) is 1. The van der Waals surface area contributed by atoms with Crippen LogP contribution in [0.4, 0.5) is 5.82 Å². The number of hydrogen-bond donors (Lipinski definition) is 1. The lowest BCUT2D eigenvalue weighted by Gasteiger charge is -2.25. The Kier molecular flexibility index (Phi) is 6.59. The predicted octanol–water partition coefficient (Wildman–Crippen LogP) is 0.263. The van der Waals surface area contributed by atoms with Gasteiger partial charge in [-0.1, -0.05) is 0 Å². The Hall–Kier alpha value is -1.71. The number of sulfonamides is 1. The molecule has 1 aliphatic rings. The standard InChI is InChI=1S/C17H28N4O4S/c1-5-20(13-16(22)19-17(2,3)4)15-7-6-14(12-18-15)26(23,24)21-8-10-25-11-9-21/h6-7,12H,5,8-11,13H2,1-4H3,(H,19,22)/p+1. The molecule has 1 saturated heterocycles. The van der Waals surface area contributed by atoms with Gasteiger partial charge in [0.25, 0.3) is 11.7 Å². The number of anilines is 1. The molecule has 1 aromatic heterocycles. The van der Waals surface area contributed by atoms with E-state index in [-0.39, 0.29) is 22.9 Å². The summed E-state index contributed by atoms with van der Waals surface area (Å²) in [4.78, 5) is 17.2. The van der Waals surface area contributed by atoms with Crippen molar-refractivity contribution in [3.8, 4) is 0 Å². The van der Waals surface area contributed by atoms with Crippen LogP contribution in [-0.2, 0) is 19.6 Å². The van der Waals surface area contributed by atoms with Crippen LogP contribution in [0, 0.1) is 0 Å². The molecular formula is C17H29N4O4S+. The highest BCUT2D eigenvalue weighted by molar-refractivity contribution is 7.89. The molecular weight excluding hydrogens is 356 g/mol. The van der Waals surface area contributed by atoms with E-state index in [1.54, 1.807) is 12.1 Å². The summed E-state index contributed by atoms with van der Waals surface area (Å²) in [7, 11) is -3.53. The fraction of sp³-hybridized carbons (Fsp3) is 0.647. The van der Waals surface area contributed by atoms with E-state index in [1.807, 2.05) is 32.6 Å². The Bertz CT molecular complexity index is 707. The number of morpholine rings is 1. The summed E-state index contributed by atoms with van der Waals surface area (Å²) >= 11 is 0. The second-order valence-electron chi connectivity index (χ2n) is 7.24. The summed E-state index contributed by atoms with van der Waals surface area (Å²) in [6, 6.07) is 3.27. The van der Waals surface area contributed by atoms with Gasteiger partial charge in [0.1, 0.15) is 11.1 Å². The lowest BCUT2D eigenvalue weighted by molar-refractivity contribution is -0.367. The highest BCUT2D eigenvalue weighted by Gasteiger charge is 2.28. The van der Waals surface area contributed by atoms with Crippen LogP contribution in [-0.4, -0.2) is 63.6 Å². The van der Waals surface area contributed by atoms with Gasteiger partial charge in [-0.2, -0.15) is 4.31 Å². The molecule has 0 radical (unpaired) electrons. The van der Waals surface area contributed by atoms with Gasteiger partial charge in [0.2, 0.25) is 10.0 Å². The molecule has 146 valence electrons. The topological polar surface area (TPSA) is 93.1 Å². The molecule has 0 spiro atoms. The molecule has 0 aliphatic carbocycles. The van der Waals surface area contributed by atoms with Crippen molar-refractivity contribution in [1.82, 2.24) is 9.62 Å². The largest absolute Gasteiger partial charge is 0.379 e. The van der Waals surface area contributed by atoms with Crippen molar-refractivity contribution in [2.24, 2.45) is 0 Å². The van der Waals surface area contributed by atoms with Gasteiger partial charge in [0, 0.05) is 24.7 Å². The van der Waals surface area contributed by atoms with E-state index >= 15 is 0 Å². The number of pyridine rings is 1. The Labute approximate surface area is 155 Å². The SMILES string of the molecule is CCN(CC(=O)NC(C)(C)C)c1ccc(S(=O)(=O)N2CCOCC2)c[nH+]1. The van der Waals surface area contributed by atoms with E-state index in [2.05, 4.69) is 10.3 Å². The fourth-order valence-corrected chi connectivity index (χ4v) is 4.07. The zero-order valence-corrected chi connectivity index (χ0v) is 16.7. The maximum absolute atomic E-state index is 12.6. The number of H-pyrrole nitrogens is 1. The minimum absolute atomic E-state index is 0.0854. The number of aromatic nitrogens is 1. The highest BCUT2D eigenvalue weighted by atomic mass is 32.2. The molecule has 8 nitrogen and oxygen atoms in total. The van der Waals surface area contributed by atoms with Crippen LogP contribution in [0.2, 0.25) is 0 Å². The van der Waals surface area contributed by atoms with Crippen LogP contribution in [0.15, 0.2) is 23.2 Å². The van der Waals surface area contributed by atoms with Crippen LogP contribution in [0.5, 0.6) is 0 Å². The zero-order chi connectivity index (χ0) is 19.4. The van der Waals surface area contributed by atoms with Gasteiger partial charge in [0.05, 0.1) is 19.8 Å². The van der Waals surface area contributed by atoms with Crippen LogP contribution >= 0.6 is 0 Å². The number of hydrogen-bond acceptors (Lipinski definition) is 5. The summed E-state index contributed by atoms with van der Waals surface area (Å²) in [5.41, 5.74) is -0.295. The van der Waals surface area contributed by atoms with Crippen molar-refractivity contribution in [1.29, 1.82) is 0 Å².